The van der Waals surface area contributed by atoms with Crippen LogP contribution in [0.5, 0.6) is 11.5 Å². The van der Waals surface area contributed by atoms with E-state index in [1.165, 1.54) is 23.5 Å². The van der Waals surface area contributed by atoms with Crippen LogP contribution in [0.4, 0.5) is 8.78 Å². The fourth-order valence-electron chi connectivity index (χ4n) is 2.56. The summed E-state index contributed by atoms with van der Waals surface area (Å²) in [5.41, 5.74) is 2.59. The van der Waals surface area contributed by atoms with Crippen molar-refractivity contribution < 1.29 is 23.4 Å². The molecule has 0 bridgehead atoms. The maximum Gasteiger partial charge on any atom is 0.387 e. The number of ether oxygens (including phenoxy) is 2. The number of thiazole rings is 1. The van der Waals surface area contributed by atoms with E-state index in [2.05, 4.69) is 9.73 Å². The molecule has 0 atom stereocenters. The van der Waals surface area contributed by atoms with Gasteiger partial charge in [-0.25, -0.2) is 0 Å². The number of aliphatic hydroxyl groups excluding tert-OH is 1. The maximum absolute atomic E-state index is 12.4. The van der Waals surface area contributed by atoms with Crippen LogP contribution in [0, 0.1) is 0 Å². The highest BCUT2D eigenvalue weighted by Gasteiger charge is 2.11. The average molecular weight is 392 g/mol. The minimum atomic E-state index is -2.87. The van der Waals surface area contributed by atoms with E-state index in [4.69, 9.17) is 9.84 Å². The second-order valence-corrected chi connectivity index (χ2v) is 6.28. The first-order valence-corrected chi connectivity index (χ1v) is 9.02. The molecular weight excluding hydrogens is 374 g/mol. The number of hydrogen-bond acceptors (Lipinski definition) is 5. The number of halogens is 2. The van der Waals surface area contributed by atoms with Crippen molar-refractivity contribution in [2.24, 2.45) is 4.99 Å². The molecule has 1 aromatic heterocycles. The number of aliphatic hydroxyl groups is 1. The van der Waals surface area contributed by atoms with Gasteiger partial charge in [0.05, 0.1) is 26.0 Å². The van der Waals surface area contributed by atoms with Crippen LogP contribution in [-0.4, -0.2) is 36.5 Å². The fraction of sp³-hybridized carbons (Fsp3) is 0.211. The van der Waals surface area contributed by atoms with Crippen molar-refractivity contribution in [3.8, 4) is 28.4 Å². The van der Waals surface area contributed by atoms with Crippen molar-refractivity contribution >= 4 is 11.3 Å². The normalized spacial score (nSPS) is 11.8. The average Bonchev–Trinajstić information content (AvgIpc) is 3.10. The molecule has 3 rings (SSSR count). The Balaban J connectivity index is 2.06. The van der Waals surface area contributed by atoms with E-state index in [1.54, 1.807) is 19.2 Å². The standard InChI is InChI=1S/C19H18F2N2O3S/c1-25-15-6-2-13(3-7-15)17-12-27-19(22-10-11-24)23(17)14-4-8-16(9-5-14)26-18(20)21/h2-9,12,18,24H,10-11H2,1H3. The minimum absolute atomic E-state index is 0.0586. The molecule has 0 amide bonds. The summed E-state index contributed by atoms with van der Waals surface area (Å²) in [6.07, 6.45) is 0. The Morgan fingerprint density at radius 3 is 2.33 bits per heavy atom. The summed E-state index contributed by atoms with van der Waals surface area (Å²) in [5, 5.41) is 11.1. The van der Waals surface area contributed by atoms with Gasteiger partial charge < -0.3 is 14.6 Å². The molecule has 142 valence electrons. The molecule has 0 radical (unpaired) electrons. The van der Waals surface area contributed by atoms with Crippen LogP contribution in [0.2, 0.25) is 0 Å². The Morgan fingerprint density at radius 1 is 1.07 bits per heavy atom. The SMILES string of the molecule is COc1ccc(-c2csc(=NCCO)n2-c2ccc(OC(F)F)cc2)cc1. The van der Waals surface area contributed by atoms with Gasteiger partial charge in [0.2, 0.25) is 0 Å². The van der Waals surface area contributed by atoms with Gasteiger partial charge in [-0.1, -0.05) is 0 Å². The van der Waals surface area contributed by atoms with E-state index in [0.29, 0.717) is 4.80 Å². The van der Waals surface area contributed by atoms with Crippen LogP contribution in [-0.2, 0) is 0 Å². The predicted octanol–water partition coefficient (Wildman–Crippen LogP) is 3.71. The highest BCUT2D eigenvalue weighted by Crippen LogP contribution is 2.26. The van der Waals surface area contributed by atoms with Crippen molar-refractivity contribution in [3.63, 3.8) is 0 Å². The lowest BCUT2D eigenvalue weighted by molar-refractivity contribution is -0.0498. The Morgan fingerprint density at radius 2 is 1.74 bits per heavy atom. The predicted molar refractivity (Wildman–Crippen MR) is 99.8 cm³/mol. The monoisotopic (exact) mass is 392 g/mol. The zero-order valence-electron chi connectivity index (χ0n) is 14.5. The highest BCUT2D eigenvalue weighted by molar-refractivity contribution is 7.07. The van der Waals surface area contributed by atoms with Crippen molar-refractivity contribution in [2.75, 3.05) is 20.3 Å². The van der Waals surface area contributed by atoms with Gasteiger partial charge in [-0.2, -0.15) is 8.78 Å². The molecule has 0 aliphatic rings. The smallest absolute Gasteiger partial charge is 0.387 e. The molecule has 8 heteroatoms. The Bertz CT molecular complexity index is 935. The van der Waals surface area contributed by atoms with E-state index < -0.39 is 6.61 Å². The lowest BCUT2D eigenvalue weighted by atomic mass is 10.1. The first-order valence-electron chi connectivity index (χ1n) is 8.14. The second kappa shape index (κ2) is 8.79. The zero-order chi connectivity index (χ0) is 19.2. The third-order valence-electron chi connectivity index (χ3n) is 3.76. The molecule has 0 aliphatic heterocycles. The number of nitrogens with zero attached hydrogens (tertiary/aromatic N) is 2. The van der Waals surface area contributed by atoms with Crippen molar-refractivity contribution in [2.45, 2.75) is 6.61 Å². The van der Waals surface area contributed by atoms with Crippen LogP contribution < -0.4 is 14.3 Å². The van der Waals surface area contributed by atoms with E-state index in [0.717, 1.165) is 22.7 Å². The summed E-state index contributed by atoms with van der Waals surface area (Å²) in [5.74, 6) is 0.837. The number of aromatic nitrogens is 1. The van der Waals surface area contributed by atoms with Gasteiger partial charge in [0.15, 0.2) is 4.80 Å². The summed E-state index contributed by atoms with van der Waals surface area (Å²) >= 11 is 1.43. The van der Waals surface area contributed by atoms with Crippen LogP contribution in [0.3, 0.4) is 0 Å². The lowest BCUT2D eigenvalue weighted by Gasteiger charge is -2.11. The third kappa shape index (κ3) is 4.53. The van der Waals surface area contributed by atoms with Gasteiger partial charge in [0, 0.05) is 11.1 Å². The van der Waals surface area contributed by atoms with Gasteiger partial charge >= 0.3 is 6.61 Å². The molecule has 0 saturated carbocycles. The zero-order valence-corrected chi connectivity index (χ0v) is 15.3. The number of benzene rings is 2. The van der Waals surface area contributed by atoms with Gasteiger partial charge in [-0.05, 0) is 54.1 Å². The van der Waals surface area contributed by atoms with E-state index in [1.807, 2.05) is 34.2 Å². The molecule has 27 heavy (non-hydrogen) atoms. The molecule has 0 aliphatic carbocycles. The van der Waals surface area contributed by atoms with Crippen LogP contribution >= 0.6 is 11.3 Å². The third-order valence-corrected chi connectivity index (χ3v) is 4.62. The van der Waals surface area contributed by atoms with E-state index in [9.17, 15) is 8.78 Å². The largest absolute Gasteiger partial charge is 0.497 e. The number of rotatable bonds is 7. The summed E-state index contributed by atoms with van der Waals surface area (Å²) in [7, 11) is 1.61. The Hall–Kier alpha value is -2.71. The molecule has 0 fully saturated rings. The van der Waals surface area contributed by atoms with Gasteiger partial charge in [0.1, 0.15) is 11.5 Å². The molecule has 0 saturated heterocycles. The Labute approximate surface area is 158 Å². The number of alkyl halides is 2. The molecule has 2 aromatic carbocycles. The lowest BCUT2D eigenvalue weighted by Crippen LogP contribution is -2.15. The van der Waals surface area contributed by atoms with E-state index >= 15 is 0 Å². The van der Waals surface area contributed by atoms with Crippen molar-refractivity contribution in [1.82, 2.24) is 4.57 Å². The molecule has 1 heterocycles. The maximum atomic E-state index is 12.4. The van der Waals surface area contributed by atoms with Crippen LogP contribution in [0.1, 0.15) is 0 Å². The fourth-order valence-corrected chi connectivity index (χ4v) is 3.49. The van der Waals surface area contributed by atoms with Crippen molar-refractivity contribution in [1.29, 1.82) is 0 Å². The van der Waals surface area contributed by atoms with Gasteiger partial charge in [-0.3, -0.25) is 9.56 Å². The summed E-state index contributed by atoms with van der Waals surface area (Å²) in [6.45, 7) is -2.65. The summed E-state index contributed by atoms with van der Waals surface area (Å²) < 4.78 is 36.3. The summed E-state index contributed by atoms with van der Waals surface area (Å²) in [4.78, 5) is 5.10. The van der Waals surface area contributed by atoms with Gasteiger partial charge in [0.25, 0.3) is 0 Å². The molecular formula is C19H18F2N2O3S. The highest BCUT2D eigenvalue weighted by atomic mass is 32.1. The molecule has 0 unspecified atom stereocenters. The topological polar surface area (TPSA) is 56.0 Å². The van der Waals surface area contributed by atoms with Crippen molar-refractivity contribution in [3.05, 3.63) is 58.7 Å². The summed E-state index contributed by atoms with van der Waals surface area (Å²) in [6, 6.07) is 13.9. The molecule has 3 aromatic rings. The van der Waals surface area contributed by atoms with Crippen LogP contribution in [0.15, 0.2) is 58.9 Å². The molecule has 0 spiro atoms. The number of methoxy groups -OCH3 is 1. The Kier molecular flexibility index (Phi) is 6.20. The first kappa shape index (κ1) is 19.1. The quantitative estimate of drug-likeness (QED) is 0.667. The molecule has 5 nitrogen and oxygen atoms in total. The minimum Gasteiger partial charge on any atom is -0.497 e. The second-order valence-electron chi connectivity index (χ2n) is 5.45. The first-order chi connectivity index (χ1) is 13.1. The van der Waals surface area contributed by atoms with E-state index in [-0.39, 0.29) is 18.9 Å². The molecule has 1 N–H and O–H groups in total. The van der Waals surface area contributed by atoms with Crippen LogP contribution in [0.25, 0.3) is 16.9 Å². The van der Waals surface area contributed by atoms with Gasteiger partial charge in [-0.15, -0.1) is 11.3 Å². The number of hydrogen-bond donors (Lipinski definition) is 1.